The van der Waals surface area contributed by atoms with E-state index in [0.29, 0.717) is 12.2 Å². The molecule has 0 radical (unpaired) electrons. The fourth-order valence-corrected chi connectivity index (χ4v) is 4.09. The van der Waals surface area contributed by atoms with Crippen molar-refractivity contribution in [3.05, 3.63) is 40.5 Å². The molecule has 3 rings (SSSR count). The highest BCUT2D eigenvalue weighted by Gasteiger charge is 2.23. The number of carboxylic acid groups (broad SMARTS) is 2. The van der Waals surface area contributed by atoms with E-state index in [0.717, 1.165) is 19.0 Å². The van der Waals surface area contributed by atoms with Crippen LogP contribution in [0.5, 0.6) is 0 Å². The van der Waals surface area contributed by atoms with E-state index in [4.69, 9.17) is 10.2 Å². The van der Waals surface area contributed by atoms with E-state index in [9.17, 15) is 9.59 Å². The second kappa shape index (κ2) is 10.3. The zero-order valence-corrected chi connectivity index (χ0v) is 17.1. The summed E-state index contributed by atoms with van der Waals surface area (Å²) in [6.07, 6.45) is 6.10. The van der Waals surface area contributed by atoms with Gasteiger partial charge in [0.05, 0.1) is 0 Å². The molecule has 0 aliphatic carbocycles. The van der Waals surface area contributed by atoms with E-state index >= 15 is 0 Å². The second-order valence-electron chi connectivity index (χ2n) is 7.85. The van der Waals surface area contributed by atoms with Crippen LogP contribution in [0.3, 0.4) is 0 Å². The molecule has 1 aromatic rings. The van der Waals surface area contributed by atoms with Crippen molar-refractivity contribution in [2.24, 2.45) is 5.92 Å². The summed E-state index contributed by atoms with van der Waals surface area (Å²) in [6, 6.07) is 2.52. The molecule has 1 aromatic carbocycles. The van der Waals surface area contributed by atoms with Crippen molar-refractivity contribution in [3.63, 3.8) is 0 Å². The molecule has 0 fully saturated rings. The van der Waals surface area contributed by atoms with Gasteiger partial charge in [0, 0.05) is 30.9 Å². The molecule has 2 aliphatic rings. The Morgan fingerprint density at radius 1 is 1.11 bits per heavy atom. The molecule has 0 amide bonds. The lowest BCUT2D eigenvalue weighted by Crippen LogP contribution is -2.33. The highest BCUT2D eigenvalue weighted by Crippen LogP contribution is 2.36. The smallest absolute Gasteiger partial charge is 0.328 e. The number of anilines is 1. The number of hydrogen-bond acceptors (Lipinski definition) is 4. The van der Waals surface area contributed by atoms with Crippen LogP contribution in [0.15, 0.2) is 18.2 Å². The third-order valence-corrected chi connectivity index (χ3v) is 5.12. The molecule has 0 unspecified atom stereocenters. The van der Waals surface area contributed by atoms with Crippen molar-refractivity contribution in [2.45, 2.75) is 46.5 Å². The van der Waals surface area contributed by atoms with Gasteiger partial charge in [-0.3, -0.25) is 0 Å². The summed E-state index contributed by atoms with van der Waals surface area (Å²) in [5.41, 5.74) is 7.99. The Bertz CT molecular complexity index is 725. The van der Waals surface area contributed by atoms with Gasteiger partial charge in [0.2, 0.25) is 0 Å². The SMILES string of the molecule is Cc1c2c(cc3c1N(CC(C)C)CCC3)CCNCC2.O=C(O)/C=C/C(=O)O. The fraction of sp³-hybridized carbons (Fsp3) is 0.545. The molecule has 0 atom stereocenters. The molecule has 0 aromatic heterocycles. The van der Waals surface area contributed by atoms with Gasteiger partial charge in [-0.25, -0.2) is 9.59 Å². The van der Waals surface area contributed by atoms with Gasteiger partial charge < -0.3 is 20.4 Å². The zero-order valence-electron chi connectivity index (χ0n) is 17.1. The minimum Gasteiger partial charge on any atom is -0.478 e. The van der Waals surface area contributed by atoms with Gasteiger partial charge in [-0.15, -0.1) is 0 Å². The highest BCUT2D eigenvalue weighted by atomic mass is 16.4. The summed E-state index contributed by atoms with van der Waals surface area (Å²) in [5, 5.41) is 19.2. The lowest BCUT2D eigenvalue weighted by molar-refractivity contribution is -0.134. The van der Waals surface area contributed by atoms with Gasteiger partial charge in [0.15, 0.2) is 0 Å². The Labute approximate surface area is 167 Å². The van der Waals surface area contributed by atoms with Crippen LogP contribution in [0.4, 0.5) is 5.69 Å². The van der Waals surface area contributed by atoms with Gasteiger partial charge in [-0.1, -0.05) is 19.9 Å². The van der Waals surface area contributed by atoms with Crippen LogP contribution < -0.4 is 10.2 Å². The van der Waals surface area contributed by atoms with E-state index in [2.05, 4.69) is 37.1 Å². The quantitative estimate of drug-likeness (QED) is 0.687. The predicted molar refractivity (Wildman–Crippen MR) is 111 cm³/mol. The van der Waals surface area contributed by atoms with Crippen LogP contribution in [-0.2, 0) is 28.9 Å². The Balaban J connectivity index is 0.000000300. The third-order valence-electron chi connectivity index (χ3n) is 5.12. The first-order valence-electron chi connectivity index (χ1n) is 10.0. The van der Waals surface area contributed by atoms with Crippen LogP contribution in [0.2, 0.25) is 0 Å². The number of benzene rings is 1. The van der Waals surface area contributed by atoms with Crippen molar-refractivity contribution in [2.75, 3.05) is 31.1 Å². The standard InChI is InChI=1S/C18H28N2.C4H4O4/c1-13(2)12-20-10-4-5-16-11-15-6-8-19-9-7-17(15)14(3)18(16)20;5-3(6)1-2-4(7)8/h11,13,19H,4-10,12H2,1-3H3;1-2H,(H,5,6)(H,7,8)/b;2-1+. The normalized spacial score (nSPS) is 16.1. The summed E-state index contributed by atoms with van der Waals surface area (Å²) >= 11 is 0. The first kappa shape index (κ1) is 22.0. The Hall–Kier alpha value is -2.34. The average Bonchev–Trinajstić information content (AvgIpc) is 2.86. The minimum absolute atomic E-state index is 0.558. The van der Waals surface area contributed by atoms with Crippen LogP contribution in [0, 0.1) is 12.8 Å². The van der Waals surface area contributed by atoms with E-state index < -0.39 is 11.9 Å². The molecule has 0 saturated heterocycles. The summed E-state index contributed by atoms with van der Waals surface area (Å²) in [4.78, 5) is 21.8. The number of aryl methyl sites for hydroxylation is 1. The molecule has 2 aliphatic heterocycles. The van der Waals surface area contributed by atoms with E-state index in [1.807, 2.05) is 0 Å². The first-order chi connectivity index (χ1) is 13.3. The first-order valence-corrected chi connectivity index (χ1v) is 10.0. The maximum atomic E-state index is 9.55. The lowest BCUT2D eigenvalue weighted by atomic mass is 9.88. The number of fused-ring (bicyclic) bond motifs is 2. The van der Waals surface area contributed by atoms with Gasteiger partial charge >= 0.3 is 11.9 Å². The molecule has 6 heteroatoms. The van der Waals surface area contributed by atoms with Gasteiger partial charge in [0.1, 0.15) is 0 Å². The van der Waals surface area contributed by atoms with Crippen LogP contribution in [0.25, 0.3) is 0 Å². The number of nitrogens with zero attached hydrogens (tertiary/aromatic N) is 1. The predicted octanol–water partition coefficient (Wildman–Crippen LogP) is 2.80. The Morgan fingerprint density at radius 3 is 2.36 bits per heavy atom. The largest absolute Gasteiger partial charge is 0.478 e. The zero-order chi connectivity index (χ0) is 20.7. The molecular weight excluding hydrogens is 356 g/mol. The van der Waals surface area contributed by atoms with Crippen molar-refractivity contribution in [1.29, 1.82) is 0 Å². The average molecular weight is 389 g/mol. The number of carbonyl (C=O) groups is 2. The van der Waals surface area contributed by atoms with E-state index in [-0.39, 0.29) is 0 Å². The van der Waals surface area contributed by atoms with Crippen molar-refractivity contribution < 1.29 is 19.8 Å². The summed E-state index contributed by atoms with van der Waals surface area (Å²) in [7, 11) is 0. The maximum absolute atomic E-state index is 9.55. The molecule has 28 heavy (non-hydrogen) atoms. The topological polar surface area (TPSA) is 89.9 Å². The van der Waals surface area contributed by atoms with Gasteiger partial charge in [0.25, 0.3) is 0 Å². The Kier molecular flexibility index (Phi) is 8.05. The third kappa shape index (κ3) is 6.09. The molecule has 154 valence electrons. The molecule has 0 saturated carbocycles. The molecule has 0 spiro atoms. The van der Waals surface area contributed by atoms with Crippen LogP contribution >= 0.6 is 0 Å². The van der Waals surface area contributed by atoms with Crippen LogP contribution in [0.1, 0.15) is 42.5 Å². The van der Waals surface area contributed by atoms with Crippen molar-refractivity contribution >= 4 is 17.6 Å². The minimum atomic E-state index is -1.26. The van der Waals surface area contributed by atoms with Crippen molar-refractivity contribution in [1.82, 2.24) is 5.32 Å². The molecule has 2 heterocycles. The maximum Gasteiger partial charge on any atom is 0.328 e. The Morgan fingerprint density at radius 2 is 1.75 bits per heavy atom. The summed E-state index contributed by atoms with van der Waals surface area (Å²) in [5.74, 6) is -1.78. The number of nitrogens with one attached hydrogen (secondary N) is 1. The van der Waals surface area contributed by atoms with Gasteiger partial charge in [-0.2, -0.15) is 0 Å². The molecule has 0 bridgehead atoms. The number of hydrogen-bond donors (Lipinski definition) is 3. The van der Waals surface area contributed by atoms with Gasteiger partial charge in [-0.05, 0) is 73.9 Å². The lowest BCUT2D eigenvalue weighted by Gasteiger charge is -2.35. The molecular formula is C22H32N2O4. The summed E-state index contributed by atoms with van der Waals surface area (Å²) in [6.45, 7) is 11.7. The number of rotatable bonds is 4. The van der Waals surface area contributed by atoms with E-state index in [1.165, 1.54) is 38.8 Å². The van der Waals surface area contributed by atoms with Crippen LogP contribution in [-0.4, -0.2) is 48.3 Å². The number of aliphatic carboxylic acids is 2. The highest BCUT2D eigenvalue weighted by molar-refractivity contribution is 5.89. The van der Waals surface area contributed by atoms with Crippen molar-refractivity contribution in [3.8, 4) is 0 Å². The molecule has 6 nitrogen and oxygen atoms in total. The monoisotopic (exact) mass is 388 g/mol. The molecule has 3 N–H and O–H groups in total. The second-order valence-corrected chi connectivity index (χ2v) is 7.85. The number of carboxylic acids is 2. The van der Waals surface area contributed by atoms with E-state index in [1.54, 1.807) is 27.9 Å². The summed E-state index contributed by atoms with van der Waals surface area (Å²) < 4.78 is 0. The fourth-order valence-electron chi connectivity index (χ4n) is 4.09.